The van der Waals surface area contributed by atoms with E-state index < -0.39 is 17.3 Å². The fraction of sp³-hybridized carbons (Fsp3) is 0.364. The predicted molar refractivity (Wildman–Crippen MR) is 114 cm³/mol. The van der Waals surface area contributed by atoms with Gasteiger partial charge in [-0.15, -0.1) is 0 Å². The summed E-state index contributed by atoms with van der Waals surface area (Å²) in [5, 5.41) is 3.26. The highest BCUT2D eigenvalue weighted by Crippen LogP contribution is 2.49. The average molecular weight is 432 g/mol. The van der Waals surface area contributed by atoms with Crippen LogP contribution in [0.3, 0.4) is 0 Å². The van der Waals surface area contributed by atoms with E-state index in [0.29, 0.717) is 34.0 Å². The van der Waals surface area contributed by atoms with E-state index in [1.807, 2.05) is 6.92 Å². The molecule has 0 aromatic heterocycles. The highest BCUT2D eigenvalue weighted by molar-refractivity contribution is 6.31. The second-order valence-corrected chi connectivity index (χ2v) is 8.47. The highest BCUT2D eigenvalue weighted by atomic mass is 35.5. The Labute approximate surface area is 179 Å². The largest absolute Gasteiger partial charge is 0.496 e. The molecule has 1 aliphatic carbocycles. The third-order valence-corrected chi connectivity index (χ3v) is 6.06. The van der Waals surface area contributed by atoms with E-state index in [0.717, 1.165) is 19.3 Å². The molecule has 1 fully saturated rings. The topological polar surface area (TPSA) is 85.9 Å². The molecule has 1 atom stereocenters. The standard InChI is InChI=1S/C22H23ClFN3O3/c1-21(12-22(8-3-9-22)30-20(25)27-21)16-11-14(5-7-17(16)24)26-19(28)15-6-4-13(23)10-18(15)29-2/h4-7,10-11H,3,8-9,12H2,1-2H3,(H2,25,27)(H,26,28). The summed E-state index contributed by atoms with van der Waals surface area (Å²) in [4.78, 5) is 17.2. The number of amides is 1. The van der Waals surface area contributed by atoms with Crippen molar-refractivity contribution in [2.45, 2.75) is 43.7 Å². The number of ether oxygens (including phenoxy) is 2. The van der Waals surface area contributed by atoms with Crippen LogP contribution in [-0.2, 0) is 10.3 Å². The smallest absolute Gasteiger partial charge is 0.283 e. The number of hydrogen-bond acceptors (Lipinski definition) is 5. The number of halogens is 2. The Morgan fingerprint density at radius 1 is 1.30 bits per heavy atom. The SMILES string of the molecule is COc1cc(Cl)ccc1C(=O)Nc1ccc(F)c(C2(C)CC3(CCC3)OC(N)=N2)c1. The number of methoxy groups -OCH3 is 1. The van der Waals surface area contributed by atoms with Gasteiger partial charge < -0.3 is 20.5 Å². The van der Waals surface area contributed by atoms with E-state index in [1.165, 1.54) is 19.2 Å². The van der Waals surface area contributed by atoms with Crippen LogP contribution in [-0.4, -0.2) is 24.6 Å². The lowest BCUT2D eigenvalue weighted by Crippen LogP contribution is -2.52. The van der Waals surface area contributed by atoms with Crippen molar-refractivity contribution >= 4 is 29.2 Å². The number of nitrogens with zero attached hydrogens (tertiary/aromatic N) is 1. The molecule has 158 valence electrons. The lowest BCUT2D eigenvalue weighted by atomic mass is 9.69. The molecular formula is C22H23ClFN3O3. The van der Waals surface area contributed by atoms with Gasteiger partial charge in [-0.25, -0.2) is 9.38 Å². The van der Waals surface area contributed by atoms with E-state index in [4.69, 9.17) is 26.8 Å². The molecule has 4 rings (SSSR count). The summed E-state index contributed by atoms with van der Waals surface area (Å²) in [6.45, 7) is 1.84. The molecule has 8 heteroatoms. The van der Waals surface area contributed by atoms with Gasteiger partial charge in [-0.2, -0.15) is 0 Å². The maximum atomic E-state index is 14.8. The molecule has 1 saturated carbocycles. The van der Waals surface area contributed by atoms with E-state index in [9.17, 15) is 9.18 Å². The van der Waals surface area contributed by atoms with Crippen LogP contribution in [0.4, 0.5) is 10.1 Å². The van der Waals surface area contributed by atoms with Gasteiger partial charge in [0.1, 0.15) is 17.2 Å². The minimum absolute atomic E-state index is 0.0724. The first kappa shape index (κ1) is 20.5. The molecule has 1 spiro atoms. The second-order valence-electron chi connectivity index (χ2n) is 8.03. The monoisotopic (exact) mass is 431 g/mol. The van der Waals surface area contributed by atoms with Gasteiger partial charge in [-0.05, 0) is 62.6 Å². The van der Waals surface area contributed by atoms with Gasteiger partial charge in [0.15, 0.2) is 0 Å². The van der Waals surface area contributed by atoms with Crippen molar-refractivity contribution in [2.24, 2.45) is 10.7 Å². The molecule has 6 nitrogen and oxygen atoms in total. The van der Waals surface area contributed by atoms with E-state index in [-0.39, 0.29) is 11.6 Å². The number of hydrogen-bond donors (Lipinski definition) is 2. The van der Waals surface area contributed by atoms with Gasteiger partial charge in [-0.3, -0.25) is 4.79 Å². The predicted octanol–water partition coefficient (Wildman–Crippen LogP) is 4.61. The molecule has 2 aromatic rings. The molecule has 1 aliphatic heterocycles. The van der Waals surface area contributed by atoms with Gasteiger partial charge in [0.05, 0.1) is 18.2 Å². The maximum absolute atomic E-state index is 14.8. The van der Waals surface area contributed by atoms with Gasteiger partial charge in [0.25, 0.3) is 11.9 Å². The summed E-state index contributed by atoms with van der Waals surface area (Å²) in [6.07, 6.45) is 3.31. The molecule has 30 heavy (non-hydrogen) atoms. The van der Waals surface area contributed by atoms with E-state index in [2.05, 4.69) is 10.3 Å². The molecule has 0 bridgehead atoms. The zero-order valence-corrected chi connectivity index (χ0v) is 17.6. The zero-order chi connectivity index (χ0) is 21.5. The number of carbonyl (C=O) groups is 1. The number of benzene rings is 2. The lowest BCUT2D eigenvalue weighted by Gasteiger charge is -2.48. The van der Waals surface area contributed by atoms with Crippen LogP contribution in [0.15, 0.2) is 41.4 Å². The molecule has 3 N–H and O–H groups in total. The highest BCUT2D eigenvalue weighted by Gasteiger charge is 2.50. The molecule has 2 aromatic carbocycles. The normalized spacial score (nSPS) is 21.9. The summed E-state index contributed by atoms with van der Waals surface area (Å²) in [5.74, 6) is -0.452. The van der Waals surface area contributed by atoms with Gasteiger partial charge in [-0.1, -0.05) is 11.6 Å². The van der Waals surface area contributed by atoms with Crippen molar-refractivity contribution in [1.29, 1.82) is 0 Å². The first-order chi connectivity index (χ1) is 14.2. The summed E-state index contributed by atoms with van der Waals surface area (Å²) in [6, 6.07) is 9.25. The molecule has 0 radical (unpaired) electrons. The van der Waals surface area contributed by atoms with Gasteiger partial charge >= 0.3 is 0 Å². The fourth-order valence-corrected chi connectivity index (χ4v) is 4.43. The first-order valence-electron chi connectivity index (χ1n) is 9.73. The van der Waals surface area contributed by atoms with Crippen LogP contribution in [0.25, 0.3) is 0 Å². The molecule has 2 aliphatic rings. The Morgan fingerprint density at radius 2 is 2.07 bits per heavy atom. The summed E-state index contributed by atoms with van der Waals surface area (Å²) in [7, 11) is 1.46. The zero-order valence-electron chi connectivity index (χ0n) is 16.8. The minimum Gasteiger partial charge on any atom is -0.496 e. The van der Waals surface area contributed by atoms with Crippen LogP contribution in [0, 0.1) is 5.82 Å². The molecule has 1 amide bonds. The van der Waals surface area contributed by atoms with Crippen LogP contribution >= 0.6 is 11.6 Å². The molecule has 1 heterocycles. The Balaban J connectivity index is 1.64. The van der Waals surface area contributed by atoms with Crippen LogP contribution in [0.2, 0.25) is 5.02 Å². The number of carbonyl (C=O) groups excluding carboxylic acids is 1. The lowest BCUT2D eigenvalue weighted by molar-refractivity contribution is -0.0583. The Kier molecular flexibility index (Phi) is 5.10. The van der Waals surface area contributed by atoms with Gasteiger partial charge in [0.2, 0.25) is 0 Å². The van der Waals surface area contributed by atoms with Crippen LogP contribution < -0.4 is 15.8 Å². The number of amidine groups is 1. The van der Waals surface area contributed by atoms with E-state index in [1.54, 1.807) is 24.3 Å². The summed E-state index contributed by atoms with van der Waals surface area (Å²) in [5.41, 5.74) is 5.79. The summed E-state index contributed by atoms with van der Waals surface area (Å²) < 4.78 is 25.8. The van der Waals surface area contributed by atoms with Crippen molar-refractivity contribution in [3.63, 3.8) is 0 Å². The van der Waals surface area contributed by atoms with E-state index >= 15 is 0 Å². The number of anilines is 1. The third-order valence-electron chi connectivity index (χ3n) is 5.82. The average Bonchev–Trinajstić information content (AvgIpc) is 2.67. The summed E-state index contributed by atoms with van der Waals surface area (Å²) >= 11 is 5.97. The van der Waals surface area contributed by atoms with Crippen molar-refractivity contribution < 1.29 is 18.7 Å². The molecule has 0 saturated heterocycles. The third kappa shape index (κ3) is 3.69. The van der Waals surface area contributed by atoms with Gasteiger partial charge in [0, 0.05) is 22.7 Å². The molecule has 1 unspecified atom stereocenters. The molecular weight excluding hydrogens is 409 g/mol. The maximum Gasteiger partial charge on any atom is 0.283 e. The number of nitrogens with two attached hydrogens (primary N) is 1. The quantitative estimate of drug-likeness (QED) is 0.740. The Bertz CT molecular complexity index is 1040. The fourth-order valence-electron chi connectivity index (χ4n) is 4.26. The van der Waals surface area contributed by atoms with Crippen molar-refractivity contribution in [3.05, 3.63) is 58.4 Å². The van der Waals surface area contributed by atoms with Crippen LogP contribution in [0.5, 0.6) is 5.75 Å². The number of rotatable bonds is 4. The van der Waals surface area contributed by atoms with Crippen LogP contribution in [0.1, 0.15) is 48.5 Å². The Morgan fingerprint density at radius 3 is 2.73 bits per heavy atom. The van der Waals surface area contributed by atoms with Crippen molar-refractivity contribution in [3.8, 4) is 5.75 Å². The minimum atomic E-state index is -0.883. The Hall–Kier alpha value is -2.80. The second kappa shape index (κ2) is 7.47. The number of aliphatic imine (C=N–C) groups is 1. The van der Waals surface area contributed by atoms with Crippen molar-refractivity contribution in [1.82, 2.24) is 0 Å². The number of nitrogens with one attached hydrogen (secondary N) is 1. The van der Waals surface area contributed by atoms with Crippen molar-refractivity contribution in [2.75, 3.05) is 12.4 Å². The first-order valence-corrected chi connectivity index (χ1v) is 10.1.